The number of hydrogen-bond donors (Lipinski definition) is 0. The maximum Gasteiger partial charge on any atom is 0.233 e. The van der Waals surface area contributed by atoms with Crippen molar-refractivity contribution in [3.05, 3.63) is 23.2 Å². The zero-order valence-corrected chi connectivity index (χ0v) is 14.4. The average molecular weight is 337 g/mol. The molecule has 1 atom stereocenters. The maximum atomic E-state index is 12.4. The molecule has 1 aliphatic rings. The molecule has 2 aromatic heterocycles. The highest BCUT2D eigenvalue weighted by atomic mass is 32.2. The Balaban J connectivity index is 1.57. The summed E-state index contributed by atoms with van der Waals surface area (Å²) < 4.78 is 2.92. The van der Waals surface area contributed by atoms with Crippen LogP contribution in [-0.4, -0.2) is 49.4 Å². The Hall–Kier alpha value is -1.41. The maximum absolute atomic E-state index is 12.4. The van der Waals surface area contributed by atoms with Crippen LogP contribution in [0.1, 0.15) is 29.6 Å². The fourth-order valence-electron chi connectivity index (χ4n) is 2.74. The zero-order valence-electron chi connectivity index (χ0n) is 12.7. The van der Waals surface area contributed by atoms with Crippen molar-refractivity contribution in [3.8, 4) is 0 Å². The minimum Gasteiger partial charge on any atom is -0.341 e. The highest BCUT2D eigenvalue weighted by molar-refractivity contribution is 8.01. The van der Waals surface area contributed by atoms with E-state index >= 15 is 0 Å². The van der Waals surface area contributed by atoms with Crippen molar-refractivity contribution in [3.63, 3.8) is 0 Å². The normalized spacial score (nSPS) is 18.6. The number of piperidine rings is 1. The van der Waals surface area contributed by atoms with Gasteiger partial charge >= 0.3 is 0 Å². The van der Waals surface area contributed by atoms with Gasteiger partial charge in [-0.05, 0) is 19.8 Å². The second-order valence-corrected chi connectivity index (χ2v) is 7.86. The van der Waals surface area contributed by atoms with Crippen LogP contribution in [0.25, 0.3) is 0 Å². The van der Waals surface area contributed by atoms with E-state index in [9.17, 15) is 4.79 Å². The number of hydrogen-bond acceptors (Lipinski definition) is 6. The number of likely N-dealkylation sites (tertiary alicyclic amines) is 1. The second kappa shape index (κ2) is 6.78. The number of carbonyl (C=O) groups is 1. The molecular formula is C14H19N5OS2. The summed E-state index contributed by atoms with van der Waals surface area (Å²) in [7, 11) is 2.01. The Morgan fingerprint density at radius 3 is 3.05 bits per heavy atom. The van der Waals surface area contributed by atoms with Gasteiger partial charge in [-0.1, -0.05) is 23.1 Å². The molecule has 6 nitrogen and oxygen atoms in total. The van der Waals surface area contributed by atoms with Gasteiger partial charge in [0.2, 0.25) is 5.91 Å². The van der Waals surface area contributed by atoms with Crippen molar-refractivity contribution in [2.24, 2.45) is 7.05 Å². The molecule has 0 aliphatic carbocycles. The van der Waals surface area contributed by atoms with Gasteiger partial charge in [-0.25, -0.2) is 4.98 Å². The SMILES string of the molecule is Cc1nnc(SCC(=O)N2CCC[C@H](c3nccn3C)C2)s1. The first-order chi connectivity index (χ1) is 10.6. The van der Waals surface area contributed by atoms with Gasteiger partial charge in [-0.15, -0.1) is 10.2 Å². The minimum atomic E-state index is 0.178. The highest BCUT2D eigenvalue weighted by Crippen LogP contribution is 2.27. The third kappa shape index (κ3) is 3.49. The fourth-order valence-corrected chi connectivity index (χ4v) is 4.45. The van der Waals surface area contributed by atoms with Crippen LogP contribution in [0.4, 0.5) is 0 Å². The van der Waals surface area contributed by atoms with Gasteiger partial charge in [0.05, 0.1) is 5.75 Å². The van der Waals surface area contributed by atoms with Crippen LogP contribution >= 0.6 is 23.1 Å². The van der Waals surface area contributed by atoms with Crippen LogP contribution < -0.4 is 0 Å². The molecule has 3 rings (SSSR count). The Morgan fingerprint density at radius 2 is 2.36 bits per heavy atom. The molecule has 1 amide bonds. The number of aryl methyl sites for hydroxylation is 2. The zero-order chi connectivity index (χ0) is 15.5. The van der Waals surface area contributed by atoms with Crippen LogP contribution in [0.15, 0.2) is 16.7 Å². The number of carbonyl (C=O) groups excluding carboxylic acids is 1. The number of imidazole rings is 1. The summed E-state index contributed by atoms with van der Waals surface area (Å²) in [6, 6.07) is 0. The van der Waals surface area contributed by atoms with Crippen LogP contribution in [0.2, 0.25) is 0 Å². The third-order valence-corrected chi connectivity index (χ3v) is 5.78. The molecule has 0 aromatic carbocycles. The first-order valence-corrected chi connectivity index (χ1v) is 9.11. The first kappa shape index (κ1) is 15.5. The summed E-state index contributed by atoms with van der Waals surface area (Å²) in [6.07, 6.45) is 5.91. The molecule has 0 bridgehead atoms. The van der Waals surface area contributed by atoms with Gasteiger partial charge in [0.25, 0.3) is 0 Å². The third-order valence-electron chi connectivity index (χ3n) is 3.82. The highest BCUT2D eigenvalue weighted by Gasteiger charge is 2.27. The molecule has 0 spiro atoms. The summed E-state index contributed by atoms with van der Waals surface area (Å²) in [4.78, 5) is 18.8. The Morgan fingerprint density at radius 1 is 1.50 bits per heavy atom. The average Bonchev–Trinajstić information content (AvgIpc) is 3.13. The van der Waals surface area contributed by atoms with Crippen LogP contribution in [0.3, 0.4) is 0 Å². The van der Waals surface area contributed by atoms with Gasteiger partial charge in [0, 0.05) is 38.4 Å². The molecule has 1 saturated heterocycles. The predicted molar refractivity (Wildman–Crippen MR) is 87.1 cm³/mol. The first-order valence-electron chi connectivity index (χ1n) is 7.31. The van der Waals surface area contributed by atoms with Crippen LogP contribution in [-0.2, 0) is 11.8 Å². The van der Waals surface area contributed by atoms with E-state index in [1.54, 1.807) is 0 Å². The van der Waals surface area contributed by atoms with E-state index < -0.39 is 0 Å². The second-order valence-electron chi connectivity index (χ2n) is 5.45. The molecule has 8 heteroatoms. The molecule has 1 aliphatic heterocycles. The van der Waals surface area contributed by atoms with Crippen LogP contribution in [0, 0.1) is 6.92 Å². The molecule has 0 N–H and O–H groups in total. The van der Waals surface area contributed by atoms with Crippen molar-refractivity contribution in [1.82, 2.24) is 24.6 Å². The molecule has 0 radical (unpaired) electrons. The standard InChI is InChI=1S/C14H19N5OS2/c1-10-16-17-14(22-10)21-9-12(20)19-6-3-4-11(8-19)13-15-5-7-18(13)2/h5,7,11H,3-4,6,8-9H2,1-2H3/t11-/m0/s1. The van der Waals surface area contributed by atoms with Gasteiger partial charge in [-0.2, -0.15) is 0 Å². The van der Waals surface area contributed by atoms with E-state index in [-0.39, 0.29) is 5.91 Å². The van der Waals surface area contributed by atoms with E-state index in [0.717, 1.165) is 41.1 Å². The summed E-state index contributed by atoms with van der Waals surface area (Å²) in [5.74, 6) is 2.02. The summed E-state index contributed by atoms with van der Waals surface area (Å²) in [5, 5.41) is 8.95. The van der Waals surface area contributed by atoms with Crippen molar-refractivity contribution < 1.29 is 4.79 Å². The predicted octanol–water partition coefficient (Wildman–Crippen LogP) is 2.08. The van der Waals surface area contributed by atoms with E-state index in [2.05, 4.69) is 19.7 Å². The number of aromatic nitrogens is 4. The van der Waals surface area contributed by atoms with E-state index in [4.69, 9.17) is 0 Å². The van der Waals surface area contributed by atoms with Gasteiger partial charge in [0.15, 0.2) is 4.34 Å². The lowest BCUT2D eigenvalue weighted by atomic mass is 9.97. The Kier molecular flexibility index (Phi) is 4.77. The van der Waals surface area contributed by atoms with E-state index in [0.29, 0.717) is 11.7 Å². The summed E-state index contributed by atoms with van der Waals surface area (Å²) in [6.45, 7) is 3.53. The molecule has 2 aromatic rings. The largest absolute Gasteiger partial charge is 0.341 e. The number of rotatable bonds is 4. The summed E-state index contributed by atoms with van der Waals surface area (Å²) in [5.41, 5.74) is 0. The number of amides is 1. The fraction of sp³-hybridized carbons (Fsp3) is 0.571. The van der Waals surface area contributed by atoms with Crippen molar-refractivity contribution in [1.29, 1.82) is 0 Å². The van der Waals surface area contributed by atoms with Gasteiger partial charge in [0.1, 0.15) is 10.8 Å². The lowest BCUT2D eigenvalue weighted by molar-refractivity contribution is -0.129. The molecule has 0 unspecified atom stereocenters. The lowest BCUT2D eigenvalue weighted by Crippen LogP contribution is -2.40. The van der Waals surface area contributed by atoms with E-state index in [1.807, 2.05) is 31.3 Å². The van der Waals surface area contributed by atoms with Gasteiger partial charge < -0.3 is 9.47 Å². The quantitative estimate of drug-likeness (QED) is 0.799. The lowest BCUT2D eigenvalue weighted by Gasteiger charge is -2.32. The van der Waals surface area contributed by atoms with Crippen LogP contribution in [0.5, 0.6) is 0 Å². The van der Waals surface area contributed by atoms with Crippen molar-refractivity contribution in [2.45, 2.75) is 30.0 Å². The van der Waals surface area contributed by atoms with E-state index in [1.165, 1.54) is 23.1 Å². The number of nitrogens with zero attached hydrogens (tertiary/aromatic N) is 5. The van der Waals surface area contributed by atoms with Crippen molar-refractivity contribution in [2.75, 3.05) is 18.8 Å². The Labute approximate surface area is 137 Å². The Bertz CT molecular complexity index is 653. The summed E-state index contributed by atoms with van der Waals surface area (Å²) >= 11 is 3.01. The van der Waals surface area contributed by atoms with Gasteiger partial charge in [-0.3, -0.25) is 4.79 Å². The molecule has 0 saturated carbocycles. The molecular weight excluding hydrogens is 318 g/mol. The molecule has 3 heterocycles. The van der Waals surface area contributed by atoms with Crippen molar-refractivity contribution >= 4 is 29.0 Å². The topological polar surface area (TPSA) is 63.9 Å². The smallest absolute Gasteiger partial charge is 0.233 e. The molecule has 1 fully saturated rings. The monoisotopic (exact) mass is 337 g/mol. The minimum absolute atomic E-state index is 0.178. The number of thioether (sulfide) groups is 1. The molecule has 118 valence electrons. The molecule has 22 heavy (non-hydrogen) atoms.